The summed E-state index contributed by atoms with van der Waals surface area (Å²) in [5, 5.41) is 1.54. The Hall–Kier alpha value is -4.06. The molecular formula is C23H18F3NO7S. The molecular weight excluding hydrogens is 491 g/mol. The number of thiophene rings is 1. The van der Waals surface area contributed by atoms with Crippen molar-refractivity contribution in [2.45, 2.75) is 6.18 Å². The van der Waals surface area contributed by atoms with Gasteiger partial charge in [-0.1, -0.05) is 6.08 Å². The van der Waals surface area contributed by atoms with Crippen LogP contribution in [-0.4, -0.2) is 39.2 Å². The minimum absolute atomic E-state index is 0.0246. The largest absolute Gasteiger partial charge is 0.465 e. The summed E-state index contributed by atoms with van der Waals surface area (Å²) < 4.78 is 60.8. The fourth-order valence-electron chi connectivity index (χ4n) is 3.06. The Morgan fingerprint density at radius 1 is 0.886 bits per heavy atom. The molecule has 0 amide bonds. The summed E-state index contributed by atoms with van der Waals surface area (Å²) >= 11 is 1.01. The zero-order valence-corrected chi connectivity index (χ0v) is 19.4. The summed E-state index contributed by atoms with van der Waals surface area (Å²) in [6, 6.07) is 4.00. The van der Waals surface area contributed by atoms with Crippen LogP contribution in [0, 0.1) is 0 Å². The molecule has 0 spiro atoms. The number of carbonyl (C=O) groups excluding carboxylic acids is 3. The van der Waals surface area contributed by atoms with E-state index in [4.69, 9.17) is 18.9 Å². The van der Waals surface area contributed by atoms with Crippen molar-refractivity contribution in [2.24, 2.45) is 0 Å². The molecule has 184 valence electrons. The van der Waals surface area contributed by atoms with Gasteiger partial charge < -0.3 is 23.8 Å². The number of alkyl halides is 3. The summed E-state index contributed by atoms with van der Waals surface area (Å²) in [5.74, 6) is -2.77. The van der Waals surface area contributed by atoms with E-state index in [9.17, 15) is 27.6 Å². The molecule has 0 radical (unpaired) electrons. The molecule has 0 atom stereocenters. The van der Waals surface area contributed by atoms with Gasteiger partial charge in [-0.2, -0.15) is 13.2 Å². The van der Waals surface area contributed by atoms with E-state index < -0.39 is 35.3 Å². The number of nitrogens with zero attached hydrogens (tertiary/aromatic N) is 1. The van der Waals surface area contributed by atoms with Gasteiger partial charge in [0.15, 0.2) is 16.4 Å². The molecule has 0 saturated carbocycles. The van der Waals surface area contributed by atoms with Crippen LogP contribution in [0.1, 0.15) is 15.2 Å². The molecule has 1 aromatic heterocycles. The van der Waals surface area contributed by atoms with Crippen LogP contribution in [-0.2, 0) is 30.0 Å². The lowest BCUT2D eigenvalue weighted by atomic mass is 10.1. The maximum absolute atomic E-state index is 13.6. The molecule has 0 N–H and O–H groups in total. The Morgan fingerprint density at radius 2 is 1.57 bits per heavy atom. The second-order valence-corrected chi connectivity index (χ2v) is 7.62. The monoisotopic (exact) mass is 509 g/mol. The van der Waals surface area contributed by atoms with Gasteiger partial charge in [0.2, 0.25) is 0 Å². The van der Waals surface area contributed by atoms with Crippen molar-refractivity contribution in [3.05, 3.63) is 75.8 Å². The van der Waals surface area contributed by atoms with Crippen molar-refractivity contribution in [3.8, 4) is 11.5 Å². The molecule has 2 heterocycles. The van der Waals surface area contributed by atoms with Gasteiger partial charge in [-0.05, 0) is 41.8 Å². The Morgan fingerprint density at radius 3 is 2.20 bits per heavy atom. The fraction of sp³-hybridized carbons (Fsp3) is 0.174. The summed E-state index contributed by atoms with van der Waals surface area (Å²) in [4.78, 5) is 38.2. The van der Waals surface area contributed by atoms with Gasteiger partial charge in [0.05, 0.1) is 38.2 Å². The van der Waals surface area contributed by atoms with E-state index in [1.807, 2.05) is 0 Å². The maximum atomic E-state index is 13.6. The lowest BCUT2D eigenvalue weighted by molar-refractivity contribution is -0.139. The molecule has 3 rings (SSSR count). The molecule has 8 nitrogen and oxygen atoms in total. The molecule has 0 fully saturated rings. The Balaban J connectivity index is 2.26. The summed E-state index contributed by atoms with van der Waals surface area (Å²) in [6.45, 7) is 0. The smallest absolute Gasteiger partial charge is 0.416 e. The molecule has 0 aliphatic carbocycles. The zero-order valence-electron chi connectivity index (χ0n) is 18.5. The highest BCUT2D eigenvalue weighted by Gasteiger charge is 2.34. The summed E-state index contributed by atoms with van der Waals surface area (Å²) in [5.41, 5.74) is -1.98. The number of halogens is 3. The van der Waals surface area contributed by atoms with Crippen molar-refractivity contribution in [2.75, 3.05) is 26.2 Å². The lowest BCUT2D eigenvalue weighted by Crippen LogP contribution is -2.27. The molecule has 0 saturated heterocycles. The Kier molecular flexibility index (Phi) is 7.65. The minimum Gasteiger partial charge on any atom is -0.465 e. The second-order valence-electron chi connectivity index (χ2n) is 6.70. The average Bonchev–Trinajstić information content (AvgIpc) is 3.19. The molecule has 2 aromatic rings. The third kappa shape index (κ3) is 5.38. The molecule has 1 aromatic carbocycles. The zero-order chi connectivity index (χ0) is 25.8. The molecule has 0 unspecified atom stereocenters. The Labute approximate surface area is 201 Å². The normalized spacial score (nSPS) is 13.4. The number of carbonyl (C=O) groups is 3. The number of allylic oxidation sites excluding steroid dienone is 2. The van der Waals surface area contributed by atoms with E-state index in [0.29, 0.717) is 0 Å². The first kappa shape index (κ1) is 25.6. The topological polar surface area (TPSA) is 91.4 Å². The van der Waals surface area contributed by atoms with Gasteiger partial charge in [-0.25, -0.2) is 14.4 Å². The van der Waals surface area contributed by atoms with E-state index in [0.717, 1.165) is 48.7 Å². The quantitative estimate of drug-likeness (QED) is 0.404. The predicted molar refractivity (Wildman–Crippen MR) is 119 cm³/mol. The average molecular weight is 509 g/mol. The van der Waals surface area contributed by atoms with Gasteiger partial charge in [-0.15, -0.1) is 11.3 Å². The van der Waals surface area contributed by atoms with Gasteiger partial charge in [0.1, 0.15) is 5.70 Å². The van der Waals surface area contributed by atoms with E-state index in [1.54, 1.807) is 0 Å². The summed E-state index contributed by atoms with van der Waals surface area (Å²) in [6.07, 6.45) is 0.582. The number of methoxy groups -OCH3 is 3. The first-order chi connectivity index (χ1) is 16.6. The van der Waals surface area contributed by atoms with Crippen molar-refractivity contribution in [1.82, 2.24) is 0 Å². The number of benzene rings is 1. The molecule has 0 bridgehead atoms. The number of hydrogen-bond acceptors (Lipinski definition) is 9. The van der Waals surface area contributed by atoms with Crippen LogP contribution in [0.3, 0.4) is 0 Å². The Bertz CT molecular complexity index is 1240. The van der Waals surface area contributed by atoms with Gasteiger partial charge in [-0.3, -0.25) is 0 Å². The molecule has 35 heavy (non-hydrogen) atoms. The van der Waals surface area contributed by atoms with Crippen LogP contribution in [0.2, 0.25) is 0 Å². The third-order valence-corrected chi connectivity index (χ3v) is 5.53. The SMILES string of the molecule is COC(=O)C1=C(C(=O)OC)N(c2cc(C(F)(F)F)ccc2Oc2ccsc2C(=O)OC)C=CC=C1. The van der Waals surface area contributed by atoms with E-state index in [-0.39, 0.29) is 27.6 Å². The molecule has 12 heteroatoms. The third-order valence-electron chi connectivity index (χ3n) is 4.65. The van der Waals surface area contributed by atoms with Crippen LogP contribution >= 0.6 is 11.3 Å². The van der Waals surface area contributed by atoms with E-state index >= 15 is 0 Å². The number of rotatable bonds is 6. The van der Waals surface area contributed by atoms with Crippen molar-refractivity contribution < 1.29 is 46.5 Å². The van der Waals surface area contributed by atoms with Crippen molar-refractivity contribution in [1.29, 1.82) is 0 Å². The number of anilines is 1. The van der Waals surface area contributed by atoms with Crippen LogP contribution < -0.4 is 9.64 Å². The van der Waals surface area contributed by atoms with Crippen molar-refractivity contribution in [3.63, 3.8) is 0 Å². The van der Waals surface area contributed by atoms with E-state index in [2.05, 4.69) is 0 Å². The highest BCUT2D eigenvalue weighted by atomic mass is 32.1. The number of esters is 3. The number of hydrogen-bond donors (Lipinski definition) is 0. The van der Waals surface area contributed by atoms with E-state index in [1.165, 1.54) is 43.0 Å². The first-order valence-corrected chi connectivity index (χ1v) is 10.6. The first-order valence-electron chi connectivity index (χ1n) is 9.72. The highest BCUT2D eigenvalue weighted by molar-refractivity contribution is 7.12. The predicted octanol–water partition coefficient (Wildman–Crippen LogP) is 4.84. The number of ether oxygens (including phenoxy) is 4. The lowest BCUT2D eigenvalue weighted by Gasteiger charge is -2.26. The van der Waals surface area contributed by atoms with Crippen LogP contribution in [0.4, 0.5) is 18.9 Å². The standard InChI is InChI=1S/C23H18F3NO7S/c1-31-20(28)14-6-4-5-10-27(18(14)21(29)32-2)15-12-13(23(24,25)26)7-8-16(15)34-17-9-11-35-19(17)22(30)33-3/h4-12H,1-3H3. The van der Waals surface area contributed by atoms with Crippen LogP contribution in [0.25, 0.3) is 0 Å². The molecule has 1 aliphatic rings. The van der Waals surface area contributed by atoms with Gasteiger partial charge in [0, 0.05) is 6.20 Å². The van der Waals surface area contributed by atoms with Gasteiger partial charge in [0.25, 0.3) is 0 Å². The summed E-state index contributed by atoms with van der Waals surface area (Å²) in [7, 11) is 3.31. The minimum atomic E-state index is -4.74. The fourth-order valence-corrected chi connectivity index (χ4v) is 3.79. The van der Waals surface area contributed by atoms with Crippen LogP contribution in [0.15, 0.2) is 65.3 Å². The van der Waals surface area contributed by atoms with Gasteiger partial charge >= 0.3 is 24.1 Å². The van der Waals surface area contributed by atoms with Crippen molar-refractivity contribution >= 4 is 34.9 Å². The molecule has 1 aliphatic heterocycles. The highest BCUT2D eigenvalue weighted by Crippen LogP contribution is 2.42. The van der Waals surface area contributed by atoms with Crippen LogP contribution in [0.5, 0.6) is 11.5 Å². The maximum Gasteiger partial charge on any atom is 0.416 e. The second kappa shape index (κ2) is 10.5.